The molecule has 5 nitrogen and oxygen atoms in total. The number of anilines is 1. The number of nitrogen functional groups attached to an aromatic ring is 1. The van der Waals surface area contributed by atoms with Gasteiger partial charge in [-0.3, -0.25) is 0 Å². The molecule has 0 atom stereocenters. The molecule has 0 unspecified atom stereocenters. The Morgan fingerprint density at radius 3 is 2.40 bits per heavy atom. The first-order valence-corrected chi connectivity index (χ1v) is 6.85. The average molecular weight is 281 g/mol. The maximum atomic E-state index is 5.98. The Kier molecular flexibility index (Phi) is 4.73. The van der Waals surface area contributed by atoms with Gasteiger partial charge in [-0.2, -0.15) is 0 Å². The number of fused-ring (bicyclic) bond motifs is 1. The first kappa shape index (κ1) is 14.9. The molecule has 0 aromatic heterocycles. The summed E-state index contributed by atoms with van der Waals surface area (Å²) < 4.78 is 22.2. The van der Waals surface area contributed by atoms with Crippen molar-refractivity contribution in [3.8, 4) is 11.5 Å². The lowest BCUT2D eigenvalue weighted by Crippen LogP contribution is -2.21. The maximum Gasteiger partial charge on any atom is 0.163 e. The molecule has 0 aliphatic carbocycles. The molecule has 2 rings (SSSR count). The van der Waals surface area contributed by atoms with Crippen molar-refractivity contribution in [2.75, 3.05) is 32.2 Å². The van der Waals surface area contributed by atoms with Crippen LogP contribution in [0.2, 0.25) is 0 Å². The number of rotatable bonds is 5. The highest BCUT2D eigenvalue weighted by Crippen LogP contribution is 2.34. The third-order valence-electron chi connectivity index (χ3n) is 2.82. The minimum Gasteiger partial charge on any atom is -0.486 e. The molecule has 5 heteroatoms. The van der Waals surface area contributed by atoms with Crippen LogP contribution >= 0.6 is 0 Å². The third kappa shape index (κ3) is 4.28. The van der Waals surface area contributed by atoms with Crippen LogP contribution < -0.4 is 15.2 Å². The summed E-state index contributed by atoms with van der Waals surface area (Å²) in [4.78, 5) is 0. The molecule has 20 heavy (non-hydrogen) atoms. The molecular weight excluding hydrogens is 258 g/mol. The van der Waals surface area contributed by atoms with Gasteiger partial charge in [0.1, 0.15) is 13.2 Å². The Morgan fingerprint density at radius 2 is 1.75 bits per heavy atom. The summed E-state index contributed by atoms with van der Waals surface area (Å²) in [6.45, 7) is 8.72. The predicted octanol–water partition coefficient (Wildman–Crippen LogP) is 2.37. The molecule has 0 saturated heterocycles. The molecule has 2 N–H and O–H groups in total. The van der Waals surface area contributed by atoms with E-state index in [4.69, 9.17) is 24.7 Å². The summed E-state index contributed by atoms with van der Waals surface area (Å²) in [5.41, 5.74) is 7.41. The molecule has 1 aliphatic rings. The van der Waals surface area contributed by atoms with Gasteiger partial charge in [0.05, 0.1) is 25.4 Å². The van der Waals surface area contributed by atoms with Crippen LogP contribution in [0, 0.1) is 0 Å². The van der Waals surface area contributed by atoms with E-state index in [1.54, 1.807) is 6.07 Å². The second-order valence-corrected chi connectivity index (χ2v) is 5.71. The molecule has 112 valence electrons. The van der Waals surface area contributed by atoms with Gasteiger partial charge in [0.2, 0.25) is 0 Å². The summed E-state index contributed by atoms with van der Waals surface area (Å²) in [7, 11) is 0. The Balaban J connectivity index is 1.84. The minimum atomic E-state index is -0.139. The normalized spacial score (nSPS) is 14.3. The monoisotopic (exact) mass is 281 g/mol. The van der Waals surface area contributed by atoms with Gasteiger partial charge >= 0.3 is 0 Å². The highest BCUT2D eigenvalue weighted by atomic mass is 16.6. The van der Waals surface area contributed by atoms with E-state index in [0.717, 1.165) is 11.3 Å². The topological polar surface area (TPSA) is 62.9 Å². The number of hydrogen-bond donors (Lipinski definition) is 1. The highest BCUT2D eigenvalue weighted by molar-refractivity contribution is 5.58. The van der Waals surface area contributed by atoms with Gasteiger partial charge in [-0.25, -0.2) is 0 Å². The molecule has 1 aromatic carbocycles. The zero-order valence-electron chi connectivity index (χ0n) is 12.4. The Bertz CT molecular complexity index is 454. The molecule has 0 saturated carbocycles. The number of hydrogen-bond acceptors (Lipinski definition) is 5. The fraction of sp³-hybridized carbons (Fsp3) is 0.600. The highest BCUT2D eigenvalue weighted by Gasteiger charge is 2.15. The Morgan fingerprint density at radius 1 is 1.10 bits per heavy atom. The second kappa shape index (κ2) is 6.33. The van der Waals surface area contributed by atoms with Crippen molar-refractivity contribution in [3.05, 3.63) is 17.7 Å². The standard InChI is InChI=1S/C15H23NO4/c1-15(2,3)20-7-4-17-10-11-8-13-14(9-12(11)16)19-6-5-18-13/h8-9H,4-7,10,16H2,1-3H3. The van der Waals surface area contributed by atoms with E-state index < -0.39 is 0 Å². The lowest BCUT2D eigenvalue weighted by molar-refractivity contribution is -0.0376. The van der Waals surface area contributed by atoms with Gasteiger partial charge in [-0.05, 0) is 26.8 Å². The smallest absolute Gasteiger partial charge is 0.163 e. The first-order valence-electron chi connectivity index (χ1n) is 6.85. The largest absolute Gasteiger partial charge is 0.486 e. The third-order valence-corrected chi connectivity index (χ3v) is 2.82. The van der Waals surface area contributed by atoms with Crippen molar-refractivity contribution in [3.63, 3.8) is 0 Å². The summed E-state index contributed by atoms with van der Waals surface area (Å²) in [6.07, 6.45) is 0. The van der Waals surface area contributed by atoms with E-state index in [1.165, 1.54) is 0 Å². The van der Waals surface area contributed by atoms with Gasteiger partial charge < -0.3 is 24.7 Å². The predicted molar refractivity (Wildman–Crippen MR) is 77.2 cm³/mol. The van der Waals surface area contributed by atoms with Crippen molar-refractivity contribution >= 4 is 5.69 Å². The molecular formula is C15H23NO4. The van der Waals surface area contributed by atoms with Gasteiger partial charge in [0.25, 0.3) is 0 Å². The molecule has 1 heterocycles. The molecule has 1 aliphatic heterocycles. The van der Waals surface area contributed by atoms with Crippen LogP contribution in [0.3, 0.4) is 0 Å². The maximum absolute atomic E-state index is 5.98. The lowest BCUT2D eigenvalue weighted by atomic mass is 10.1. The molecule has 0 amide bonds. The fourth-order valence-electron chi connectivity index (χ4n) is 1.86. The van der Waals surface area contributed by atoms with Crippen molar-refractivity contribution in [1.29, 1.82) is 0 Å². The summed E-state index contributed by atoms with van der Waals surface area (Å²) >= 11 is 0. The van der Waals surface area contributed by atoms with E-state index >= 15 is 0 Å². The molecule has 0 fully saturated rings. The number of nitrogens with two attached hydrogens (primary N) is 1. The van der Waals surface area contributed by atoms with Crippen LogP contribution in [0.1, 0.15) is 26.3 Å². The van der Waals surface area contributed by atoms with Crippen LogP contribution in [-0.4, -0.2) is 32.0 Å². The average Bonchev–Trinajstić information content (AvgIpc) is 2.37. The van der Waals surface area contributed by atoms with Crippen LogP contribution in [-0.2, 0) is 16.1 Å². The SMILES string of the molecule is CC(C)(C)OCCOCc1cc2c(cc1N)OCCO2. The Hall–Kier alpha value is -1.46. The zero-order valence-corrected chi connectivity index (χ0v) is 12.4. The quantitative estimate of drug-likeness (QED) is 0.663. The molecule has 0 radical (unpaired) electrons. The number of ether oxygens (including phenoxy) is 4. The van der Waals surface area contributed by atoms with E-state index in [-0.39, 0.29) is 5.60 Å². The van der Waals surface area contributed by atoms with E-state index in [9.17, 15) is 0 Å². The van der Waals surface area contributed by atoms with Gasteiger partial charge in [0, 0.05) is 17.3 Å². The number of benzene rings is 1. The second-order valence-electron chi connectivity index (χ2n) is 5.71. The van der Waals surface area contributed by atoms with E-state index in [1.807, 2.05) is 26.8 Å². The molecule has 0 bridgehead atoms. The van der Waals surface area contributed by atoms with Crippen molar-refractivity contribution in [2.24, 2.45) is 0 Å². The van der Waals surface area contributed by atoms with Crippen LogP contribution in [0.5, 0.6) is 11.5 Å². The molecule has 1 aromatic rings. The zero-order chi connectivity index (χ0) is 14.6. The summed E-state index contributed by atoms with van der Waals surface area (Å²) in [6, 6.07) is 3.67. The minimum absolute atomic E-state index is 0.139. The summed E-state index contributed by atoms with van der Waals surface area (Å²) in [5.74, 6) is 1.43. The lowest BCUT2D eigenvalue weighted by Gasteiger charge is -2.21. The molecule has 0 spiro atoms. The Labute approximate surface area is 120 Å². The van der Waals surface area contributed by atoms with Gasteiger partial charge in [-0.15, -0.1) is 0 Å². The van der Waals surface area contributed by atoms with E-state index in [2.05, 4.69) is 0 Å². The van der Waals surface area contributed by atoms with Crippen molar-refractivity contribution in [1.82, 2.24) is 0 Å². The van der Waals surface area contributed by atoms with Crippen molar-refractivity contribution in [2.45, 2.75) is 33.0 Å². The van der Waals surface area contributed by atoms with Crippen LogP contribution in [0.15, 0.2) is 12.1 Å². The van der Waals surface area contributed by atoms with E-state index in [0.29, 0.717) is 44.5 Å². The van der Waals surface area contributed by atoms with Gasteiger partial charge in [-0.1, -0.05) is 0 Å². The first-order chi connectivity index (χ1) is 9.46. The van der Waals surface area contributed by atoms with Crippen LogP contribution in [0.4, 0.5) is 5.69 Å². The van der Waals surface area contributed by atoms with Crippen LogP contribution in [0.25, 0.3) is 0 Å². The fourth-order valence-corrected chi connectivity index (χ4v) is 1.86. The van der Waals surface area contributed by atoms with Crippen molar-refractivity contribution < 1.29 is 18.9 Å². The summed E-state index contributed by atoms with van der Waals surface area (Å²) in [5, 5.41) is 0. The van der Waals surface area contributed by atoms with Gasteiger partial charge in [0.15, 0.2) is 11.5 Å².